The lowest BCUT2D eigenvalue weighted by molar-refractivity contribution is 0.728. The van der Waals surface area contributed by atoms with Gasteiger partial charge < -0.3 is 5.32 Å². The highest BCUT2D eigenvalue weighted by Crippen LogP contribution is 2.06. The van der Waals surface area contributed by atoms with Gasteiger partial charge in [0.25, 0.3) is 0 Å². The van der Waals surface area contributed by atoms with Gasteiger partial charge in [0.05, 0.1) is 12.0 Å². The van der Waals surface area contributed by atoms with Gasteiger partial charge in [-0.2, -0.15) is 5.10 Å². The minimum Gasteiger partial charge on any atom is -0.370 e. The van der Waals surface area contributed by atoms with Crippen molar-refractivity contribution < 1.29 is 0 Å². The summed E-state index contributed by atoms with van der Waals surface area (Å²) in [4.78, 5) is 4.52. The smallest absolute Gasteiger partial charge is 0.0965 e. The lowest BCUT2D eigenvalue weighted by Gasteiger charge is -2.06. The van der Waals surface area contributed by atoms with Crippen molar-refractivity contribution in [3.05, 3.63) is 18.0 Å². The van der Waals surface area contributed by atoms with Crippen molar-refractivity contribution in [2.75, 3.05) is 6.54 Å². The summed E-state index contributed by atoms with van der Waals surface area (Å²) < 4.78 is 1.83. The van der Waals surface area contributed by atoms with E-state index in [1.54, 1.807) is 0 Å². The maximum Gasteiger partial charge on any atom is 0.0965 e. The summed E-state index contributed by atoms with van der Waals surface area (Å²) in [5, 5.41) is 7.52. The Kier molecular flexibility index (Phi) is 3.37. The zero-order valence-electron chi connectivity index (χ0n) is 9.24. The van der Waals surface area contributed by atoms with E-state index in [4.69, 9.17) is 0 Å². The maximum absolute atomic E-state index is 4.52. The second-order valence-corrected chi connectivity index (χ2v) is 4.01. The van der Waals surface area contributed by atoms with Gasteiger partial charge in [0.1, 0.15) is 0 Å². The van der Waals surface area contributed by atoms with Crippen molar-refractivity contribution in [1.29, 1.82) is 0 Å². The fourth-order valence-corrected chi connectivity index (χ4v) is 1.79. The van der Waals surface area contributed by atoms with E-state index in [-0.39, 0.29) is 0 Å². The second-order valence-electron chi connectivity index (χ2n) is 4.01. The van der Waals surface area contributed by atoms with Crippen molar-refractivity contribution in [1.82, 2.24) is 15.1 Å². The molecule has 1 aliphatic rings. The van der Waals surface area contributed by atoms with Crippen LogP contribution in [0.25, 0.3) is 0 Å². The fourth-order valence-electron chi connectivity index (χ4n) is 1.79. The predicted molar refractivity (Wildman–Crippen MR) is 60.8 cm³/mol. The summed E-state index contributed by atoms with van der Waals surface area (Å²) in [5.74, 6) is 1.16. The molecule has 0 fully saturated rings. The van der Waals surface area contributed by atoms with Crippen LogP contribution in [0.5, 0.6) is 0 Å². The van der Waals surface area contributed by atoms with Gasteiger partial charge in [0.15, 0.2) is 0 Å². The lowest BCUT2D eigenvalue weighted by Crippen LogP contribution is -2.22. The Balaban J connectivity index is 1.84. The highest BCUT2D eigenvalue weighted by molar-refractivity contribution is 5.82. The highest BCUT2D eigenvalue weighted by Gasteiger charge is 2.04. The largest absolute Gasteiger partial charge is 0.370 e. The number of aliphatic imine (C=N–C) groups is 1. The molecule has 82 valence electrons. The van der Waals surface area contributed by atoms with Crippen molar-refractivity contribution in [3.63, 3.8) is 0 Å². The molecule has 0 bridgehead atoms. The van der Waals surface area contributed by atoms with Crippen molar-refractivity contribution >= 4 is 5.84 Å². The molecule has 0 aromatic carbocycles. The van der Waals surface area contributed by atoms with Gasteiger partial charge >= 0.3 is 0 Å². The van der Waals surface area contributed by atoms with E-state index < -0.39 is 0 Å². The van der Waals surface area contributed by atoms with Gasteiger partial charge in [-0.1, -0.05) is 6.42 Å². The molecule has 0 saturated carbocycles. The van der Waals surface area contributed by atoms with Gasteiger partial charge in [0.2, 0.25) is 0 Å². The van der Waals surface area contributed by atoms with E-state index in [1.165, 1.54) is 24.8 Å². The van der Waals surface area contributed by atoms with Gasteiger partial charge in [0, 0.05) is 38.3 Å². The molecule has 0 radical (unpaired) electrons. The Morgan fingerprint density at radius 2 is 2.33 bits per heavy atom. The number of nitrogens with zero attached hydrogens (tertiary/aromatic N) is 3. The molecule has 0 atom stereocenters. The maximum atomic E-state index is 4.52. The van der Waals surface area contributed by atoms with Crippen LogP contribution in [-0.2, 0) is 13.6 Å². The molecule has 1 aliphatic heterocycles. The number of hydrogen-bond donors (Lipinski definition) is 1. The first kappa shape index (κ1) is 10.2. The van der Waals surface area contributed by atoms with E-state index in [9.17, 15) is 0 Å². The quantitative estimate of drug-likeness (QED) is 0.796. The van der Waals surface area contributed by atoms with Crippen molar-refractivity contribution in [2.24, 2.45) is 12.0 Å². The van der Waals surface area contributed by atoms with Gasteiger partial charge in [-0.15, -0.1) is 0 Å². The minimum atomic E-state index is 0.840. The summed E-state index contributed by atoms with van der Waals surface area (Å²) in [7, 11) is 1.94. The Bertz CT molecular complexity index is 340. The van der Waals surface area contributed by atoms with Crippen LogP contribution in [0, 0.1) is 0 Å². The number of aromatic nitrogens is 2. The predicted octanol–water partition coefficient (Wildman–Crippen LogP) is 1.48. The number of amidine groups is 1. The molecule has 2 heterocycles. The number of nitrogens with one attached hydrogen (secondary N) is 1. The third kappa shape index (κ3) is 3.08. The summed E-state index contributed by atoms with van der Waals surface area (Å²) in [6.45, 7) is 1.82. The monoisotopic (exact) mass is 206 g/mol. The van der Waals surface area contributed by atoms with Gasteiger partial charge in [-0.3, -0.25) is 9.67 Å². The molecule has 1 aromatic heterocycles. The second kappa shape index (κ2) is 4.96. The minimum absolute atomic E-state index is 0.840. The molecule has 2 rings (SSSR count). The number of rotatable bonds is 2. The summed E-state index contributed by atoms with van der Waals surface area (Å²) in [6, 6.07) is 0. The Labute approximate surface area is 90.4 Å². The normalized spacial score (nSPS) is 17.0. The molecule has 0 amide bonds. The molecule has 0 aliphatic carbocycles. The van der Waals surface area contributed by atoms with Crippen LogP contribution in [0.3, 0.4) is 0 Å². The highest BCUT2D eigenvalue weighted by atomic mass is 15.2. The standard InChI is InChI=1S/C11H18N4/c1-15-9-10(8-14-15)7-13-11-5-3-2-4-6-12-11/h8-9H,2-7H2,1H3,(H,12,13). The van der Waals surface area contributed by atoms with Crippen molar-refractivity contribution in [3.8, 4) is 0 Å². The molecule has 0 unspecified atom stereocenters. The molecule has 4 nitrogen and oxygen atoms in total. The van der Waals surface area contributed by atoms with Gasteiger partial charge in [-0.25, -0.2) is 0 Å². The molecule has 15 heavy (non-hydrogen) atoms. The summed E-state index contributed by atoms with van der Waals surface area (Å²) >= 11 is 0. The Hall–Kier alpha value is -1.32. The zero-order chi connectivity index (χ0) is 10.5. The summed E-state index contributed by atoms with van der Waals surface area (Å²) in [6.07, 6.45) is 8.83. The third-order valence-electron chi connectivity index (χ3n) is 2.63. The van der Waals surface area contributed by atoms with E-state index >= 15 is 0 Å². The van der Waals surface area contributed by atoms with Crippen LogP contribution in [0.15, 0.2) is 17.4 Å². The first-order valence-corrected chi connectivity index (χ1v) is 5.59. The molecular weight excluding hydrogens is 188 g/mol. The fraction of sp³-hybridized carbons (Fsp3) is 0.636. The summed E-state index contributed by atoms with van der Waals surface area (Å²) in [5.41, 5.74) is 1.21. The van der Waals surface area contributed by atoms with E-state index in [0.29, 0.717) is 0 Å². The van der Waals surface area contributed by atoms with Gasteiger partial charge in [-0.05, 0) is 12.8 Å². The van der Waals surface area contributed by atoms with E-state index in [0.717, 1.165) is 25.3 Å². The average molecular weight is 206 g/mol. The number of aryl methyl sites for hydroxylation is 1. The number of hydrogen-bond acceptors (Lipinski definition) is 3. The topological polar surface area (TPSA) is 42.2 Å². The van der Waals surface area contributed by atoms with Crippen LogP contribution >= 0.6 is 0 Å². The van der Waals surface area contributed by atoms with E-state index in [1.807, 2.05) is 24.1 Å². The zero-order valence-corrected chi connectivity index (χ0v) is 9.24. The van der Waals surface area contributed by atoms with Crippen LogP contribution < -0.4 is 5.32 Å². The first-order valence-electron chi connectivity index (χ1n) is 5.59. The van der Waals surface area contributed by atoms with Crippen LogP contribution in [0.4, 0.5) is 0 Å². The Morgan fingerprint density at radius 3 is 3.13 bits per heavy atom. The third-order valence-corrected chi connectivity index (χ3v) is 2.63. The van der Waals surface area contributed by atoms with Crippen LogP contribution in [0.2, 0.25) is 0 Å². The van der Waals surface area contributed by atoms with Crippen molar-refractivity contribution in [2.45, 2.75) is 32.2 Å². The SMILES string of the molecule is Cn1cc(CNC2=NCCCCC2)cn1. The van der Waals surface area contributed by atoms with Crippen LogP contribution in [-0.4, -0.2) is 22.2 Å². The average Bonchev–Trinajstić information content (AvgIpc) is 2.52. The van der Waals surface area contributed by atoms with Crippen LogP contribution in [0.1, 0.15) is 31.2 Å². The first-order chi connectivity index (χ1) is 7.34. The molecule has 0 spiro atoms. The molecule has 1 aromatic rings. The lowest BCUT2D eigenvalue weighted by atomic mass is 10.2. The van der Waals surface area contributed by atoms with E-state index in [2.05, 4.69) is 15.4 Å². The molecule has 4 heteroatoms. The molecule has 1 N–H and O–H groups in total. The Morgan fingerprint density at radius 1 is 1.40 bits per heavy atom. The molecule has 0 saturated heterocycles. The molecular formula is C11H18N4.